The molecule has 34 heavy (non-hydrogen) atoms. The van der Waals surface area contributed by atoms with Crippen molar-refractivity contribution in [2.24, 2.45) is 0 Å². The monoisotopic (exact) mass is 525 g/mol. The van der Waals surface area contributed by atoms with Crippen LogP contribution in [0.15, 0.2) is 41.4 Å². The summed E-state index contributed by atoms with van der Waals surface area (Å²) in [4.78, 5) is 26.6. The number of carbonyl (C=O) groups is 2. The number of hydrogen-bond donors (Lipinski definition) is 3. The van der Waals surface area contributed by atoms with Crippen molar-refractivity contribution in [2.45, 2.75) is 37.8 Å². The first-order valence-electron chi connectivity index (χ1n) is 9.80. The molecule has 0 spiro atoms. The molecule has 0 aliphatic carbocycles. The second-order valence-corrected chi connectivity index (χ2v) is 8.78. The second-order valence-electron chi connectivity index (χ2n) is 6.73. The molecule has 9 nitrogen and oxygen atoms in total. The third-order valence-electron chi connectivity index (χ3n) is 4.00. The fourth-order valence-electron chi connectivity index (χ4n) is 2.66. The normalized spacial score (nSPS) is 11.2. The Bertz CT molecular complexity index is 1110. The largest absolute Gasteiger partial charge is 0.490 e. The predicted octanol–water partition coefficient (Wildman–Crippen LogP) is 4.49. The summed E-state index contributed by atoms with van der Waals surface area (Å²) < 4.78 is 59.2. The van der Waals surface area contributed by atoms with E-state index < -0.39 is 28.1 Å². The first kappa shape index (κ1) is 29.0. The topological polar surface area (TPSA) is 137 Å². The molecule has 0 amide bonds. The minimum absolute atomic E-state index is 0.0590. The Labute approximate surface area is 199 Å². The minimum Gasteiger partial charge on any atom is -0.478 e. The van der Waals surface area contributed by atoms with Gasteiger partial charge < -0.3 is 15.1 Å². The lowest BCUT2D eigenvalue weighted by atomic mass is 10.2. The summed E-state index contributed by atoms with van der Waals surface area (Å²) in [6.45, 7) is 5.31. The molecule has 1 aromatic carbocycles. The van der Waals surface area contributed by atoms with E-state index in [-0.39, 0.29) is 21.2 Å². The van der Waals surface area contributed by atoms with Gasteiger partial charge in [0, 0.05) is 13.1 Å². The number of hydrogen-bond acceptors (Lipinski definition) is 6. The van der Waals surface area contributed by atoms with Crippen molar-refractivity contribution >= 4 is 45.1 Å². The highest BCUT2D eigenvalue weighted by molar-refractivity contribution is 7.92. The van der Waals surface area contributed by atoms with Crippen LogP contribution in [0.25, 0.3) is 0 Å². The summed E-state index contributed by atoms with van der Waals surface area (Å²) in [5.41, 5.74) is 0.000255. The quantitative estimate of drug-likeness (QED) is 0.435. The van der Waals surface area contributed by atoms with E-state index in [0.29, 0.717) is 18.9 Å². The Morgan fingerprint density at radius 3 is 2.09 bits per heavy atom. The minimum atomic E-state index is -5.08. The summed E-state index contributed by atoms with van der Waals surface area (Å²) in [7, 11) is -3.97. The predicted molar refractivity (Wildman–Crippen MR) is 120 cm³/mol. The van der Waals surface area contributed by atoms with E-state index >= 15 is 0 Å². The van der Waals surface area contributed by atoms with E-state index in [4.69, 9.17) is 21.5 Å². The van der Waals surface area contributed by atoms with Gasteiger partial charge in [0.05, 0.1) is 16.9 Å². The third kappa shape index (κ3) is 8.37. The summed E-state index contributed by atoms with van der Waals surface area (Å²) in [6, 6.07) is 7.29. The zero-order chi connectivity index (χ0) is 26.1. The number of anilines is 2. The number of carboxylic acid groups (broad SMARTS) is 2. The van der Waals surface area contributed by atoms with Gasteiger partial charge in [-0.05, 0) is 31.0 Å². The molecular formula is C20H23ClF3N3O6S. The number of halogens is 4. The molecule has 0 unspecified atom stereocenters. The summed E-state index contributed by atoms with van der Waals surface area (Å²) in [5, 5.41) is 16.8. The first-order chi connectivity index (χ1) is 15.7. The van der Waals surface area contributed by atoms with Gasteiger partial charge in [0.15, 0.2) is 0 Å². The fourth-order valence-corrected chi connectivity index (χ4v) is 4.21. The number of alkyl halides is 3. The molecule has 14 heteroatoms. The lowest BCUT2D eigenvalue weighted by molar-refractivity contribution is -0.192. The molecule has 2 rings (SSSR count). The highest BCUT2D eigenvalue weighted by Gasteiger charge is 2.38. The number of pyridine rings is 1. The summed E-state index contributed by atoms with van der Waals surface area (Å²) in [6.07, 6.45) is -2.10. The van der Waals surface area contributed by atoms with Crippen LogP contribution >= 0.6 is 11.6 Å². The van der Waals surface area contributed by atoms with Crippen LogP contribution in [0.4, 0.5) is 24.7 Å². The van der Waals surface area contributed by atoms with Crippen molar-refractivity contribution in [3.8, 4) is 0 Å². The lowest BCUT2D eigenvalue weighted by Crippen LogP contribution is -2.28. The second kappa shape index (κ2) is 12.4. The van der Waals surface area contributed by atoms with E-state index in [1.165, 1.54) is 24.4 Å². The number of sulfonamides is 1. The van der Waals surface area contributed by atoms with Crippen LogP contribution in [-0.2, 0) is 14.8 Å². The third-order valence-corrected chi connectivity index (χ3v) is 5.89. The molecule has 0 aliphatic heterocycles. The Hall–Kier alpha value is -3.06. The van der Waals surface area contributed by atoms with E-state index in [0.717, 1.165) is 12.8 Å². The van der Waals surface area contributed by atoms with Gasteiger partial charge in [0.2, 0.25) is 0 Å². The average Bonchev–Trinajstić information content (AvgIpc) is 2.73. The SMILES string of the molecule is CCCN(CCC)c1ncc(NS(=O)(=O)c2ccccc2Cl)cc1C(=O)O.O=C(O)C(F)(F)F. The fraction of sp³-hybridized carbons (Fsp3) is 0.350. The van der Waals surface area contributed by atoms with Crippen molar-refractivity contribution in [1.82, 2.24) is 4.98 Å². The standard InChI is InChI=1S/C18H22ClN3O4S.C2HF3O2/c1-3-9-22(10-4-2)17-14(18(23)24)11-13(12-20-17)21-27(25,26)16-8-6-5-7-15(16)19;3-2(4,5)1(6)7/h5-8,11-12,21H,3-4,9-10H2,1-2H3,(H,23,24);(H,6,7). The number of nitrogens with zero attached hydrogens (tertiary/aromatic N) is 2. The van der Waals surface area contributed by atoms with Crippen molar-refractivity contribution in [2.75, 3.05) is 22.7 Å². The molecule has 1 aromatic heterocycles. The van der Waals surface area contributed by atoms with Crippen molar-refractivity contribution < 1.29 is 41.4 Å². The van der Waals surface area contributed by atoms with Gasteiger partial charge in [-0.1, -0.05) is 37.6 Å². The molecule has 0 aliphatic rings. The van der Waals surface area contributed by atoms with Crippen LogP contribution in [0.1, 0.15) is 37.0 Å². The van der Waals surface area contributed by atoms with Crippen molar-refractivity contribution in [3.05, 3.63) is 47.1 Å². The maximum Gasteiger partial charge on any atom is 0.490 e. The van der Waals surface area contributed by atoms with Crippen molar-refractivity contribution in [1.29, 1.82) is 0 Å². The Kier molecular flexibility index (Phi) is 10.6. The van der Waals surface area contributed by atoms with E-state index in [9.17, 15) is 31.5 Å². The highest BCUT2D eigenvalue weighted by atomic mass is 35.5. The Morgan fingerprint density at radius 1 is 1.12 bits per heavy atom. The van der Waals surface area contributed by atoms with Crippen LogP contribution in [-0.4, -0.2) is 54.8 Å². The molecule has 188 valence electrons. The number of nitrogens with one attached hydrogen (secondary N) is 1. The molecule has 3 N–H and O–H groups in total. The van der Waals surface area contributed by atoms with Crippen LogP contribution < -0.4 is 9.62 Å². The van der Waals surface area contributed by atoms with Crippen LogP contribution in [0.2, 0.25) is 5.02 Å². The van der Waals surface area contributed by atoms with Gasteiger partial charge in [-0.2, -0.15) is 13.2 Å². The van der Waals surface area contributed by atoms with Crippen molar-refractivity contribution in [3.63, 3.8) is 0 Å². The summed E-state index contributed by atoms with van der Waals surface area (Å²) >= 11 is 5.96. The molecule has 0 bridgehead atoms. The number of benzene rings is 1. The number of aromatic carboxylic acids is 1. The van der Waals surface area contributed by atoms with Gasteiger partial charge in [0.1, 0.15) is 16.3 Å². The van der Waals surface area contributed by atoms with Gasteiger partial charge in [-0.15, -0.1) is 0 Å². The van der Waals surface area contributed by atoms with Crippen LogP contribution in [0.3, 0.4) is 0 Å². The van der Waals surface area contributed by atoms with Gasteiger partial charge in [0.25, 0.3) is 10.0 Å². The van der Waals surface area contributed by atoms with E-state index in [1.807, 2.05) is 18.7 Å². The van der Waals surface area contributed by atoms with Crippen LogP contribution in [0.5, 0.6) is 0 Å². The van der Waals surface area contributed by atoms with Gasteiger partial charge >= 0.3 is 18.1 Å². The number of carboxylic acids is 2. The summed E-state index contributed by atoms with van der Waals surface area (Å²) in [5.74, 6) is -3.60. The maximum atomic E-state index is 12.5. The number of aliphatic carboxylic acids is 1. The molecule has 0 atom stereocenters. The Morgan fingerprint density at radius 2 is 1.65 bits per heavy atom. The van der Waals surface area contributed by atoms with E-state index in [2.05, 4.69) is 9.71 Å². The number of rotatable bonds is 9. The van der Waals surface area contributed by atoms with Crippen LogP contribution in [0, 0.1) is 0 Å². The molecule has 1 heterocycles. The first-order valence-corrected chi connectivity index (χ1v) is 11.7. The van der Waals surface area contributed by atoms with Gasteiger partial charge in [-0.3, -0.25) is 4.72 Å². The molecule has 0 fully saturated rings. The molecule has 0 saturated heterocycles. The molecule has 0 radical (unpaired) electrons. The number of aromatic nitrogens is 1. The maximum absolute atomic E-state index is 12.5. The zero-order valence-electron chi connectivity index (χ0n) is 18.1. The molecular weight excluding hydrogens is 503 g/mol. The molecule has 0 saturated carbocycles. The highest BCUT2D eigenvalue weighted by Crippen LogP contribution is 2.26. The molecule has 2 aromatic rings. The zero-order valence-corrected chi connectivity index (χ0v) is 19.7. The van der Waals surface area contributed by atoms with E-state index in [1.54, 1.807) is 12.1 Å². The smallest absolute Gasteiger partial charge is 0.478 e. The Balaban J connectivity index is 0.000000718. The van der Waals surface area contributed by atoms with Gasteiger partial charge in [-0.25, -0.2) is 23.0 Å². The lowest BCUT2D eigenvalue weighted by Gasteiger charge is -2.24. The average molecular weight is 526 g/mol.